The number of aromatic nitrogens is 2. The number of aryl methyl sites for hydroxylation is 3. The molecule has 0 bridgehead atoms. The molecule has 0 amide bonds. The van der Waals surface area contributed by atoms with Gasteiger partial charge in [-0.3, -0.25) is 0 Å². The van der Waals surface area contributed by atoms with E-state index >= 15 is 0 Å². The summed E-state index contributed by atoms with van der Waals surface area (Å²) in [5.74, 6) is 1.22. The van der Waals surface area contributed by atoms with E-state index in [4.69, 9.17) is 4.98 Å². The SMILES string of the molecule is Cc1ccc(C)c(C2CCc3nc4ccc(Br)cc4n32)c1. The van der Waals surface area contributed by atoms with Crippen molar-refractivity contribution in [2.24, 2.45) is 0 Å². The fourth-order valence-corrected chi connectivity index (χ4v) is 3.80. The number of nitrogens with zero attached hydrogens (tertiary/aromatic N) is 2. The van der Waals surface area contributed by atoms with Crippen molar-refractivity contribution in [3.05, 3.63) is 63.4 Å². The van der Waals surface area contributed by atoms with Crippen LogP contribution < -0.4 is 0 Å². The largest absolute Gasteiger partial charge is 0.320 e. The van der Waals surface area contributed by atoms with E-state index < -0.39 is 0 Å². The van der Waals surface area contributed by atoms with Gasteiger partial charge in [-0.1, -0.05) is 39.7 Å². The second kappa shape index (κ2) is 4.70. The molecule has 21 heavy (non-hydrogen) atoms. The second-order valence-corrected chi connectivity index (χ2v) is 6.86. The first-order valence-electron chi connectivity index (χ1n) is 7.37. The molecular formula is C18H17BrN2. The normalized spacial score (nSPS) is 17.4. The standard InChI is InChI=1S/C18H17BrN2/c1-11-3-4-12(2)14(9-11)16-7-8-18-20-15-6-5-13(19)10-17(15)21(16)18/h3-6,9-10,16H,7-8H2,1-2H3. The maximum atomic E-state index is 4.80. The summed E-state index contributed by atoms with van der Waals surface area (Å²) in [4.78, 5) is 4.80. The summed E-state index contributed by atoms with van der Waals surface area (Å²) in [7, 11) is 0. The van der Waals surface area contributed by atoms with Gasteiger partial charge >= 0.3 is 0 Å². The van der Waals surface area contributed by atoms with Crippen LogP contribution in [-0.4, -0.2) is 9.55 Å². The van der Waals surface area contributed by atoms with Crippen molar-refractivity contribution < 1.29 is 0 Å². The molecule has 2 nitrogen and oxygen atoms in total. The molecule has 0 spiro atoms. The molecule has 3 aromatic rings. The minimum absolute atomic E-state index is 0.416. The lowest BCUT2D eigenvalue weighted by molar-refractivity contribution is 0.632. The van der Waals surface area contributed by atoms with E-state index in [2.05, 4.69) is 70.7 Å². The molecule has 2 aromatic carbocycles. The van der Waals surface area contributed by atoms with Crippen molar-refractivity contribution >= 4 is 27.0 Å². The average Bonchev–Trinajstić information content (AvgIpc) is 3.01. The number of imidazole rings is 1. The van der Waals surface area contributed by atoms with Crippen LogP contribution in [0.5, 0.6) is 0 Å². The molecule has 0 aliphatic carbocycles. The third-order valence-corrected chi connectivity index (χ3v) is 4.96. The number of benzene rings is 2. The van der Waals surface area contributed by atoms with Crippen molar-refractivity contribution in [1.29, 1.82) is 0 Å². The number of hydrogen-bond donors (Lipinski definition) is 0. The number of rotatable bonds is 1. The summed E-state index contributed by atoms with van der Waals surface area (Å²) in [6, 6.07) is 13.5. The summed E-state index contributed by atoms with van der Waals surface area (Å²) in [5.41, 5.74) is 6.48. The van der Waals surface area contributed by atoms with Crippen LogP contribution in [-0.2, 0) is 6.42 Å². The van der Waals surface area contributed by atoms with E-state index in [1.165, 1.54) is 28.0 Å². The molecule has 1 aliphatic rings. The van der Waals surface area contributed by atoms with Crippen LogP contribution in [0.15, 0.2) is 40.9 Å². The van der Waals surface area contributed by atoms with Crippen LogP contribution >= 0.6 is 15.9 Å². The fraction of sp³-hybridized carbons (Fsp3) is 0.278. The second-order valence-electron chi connectivity index (χ2n) is 5.95. The molecule has 0 fully saturated rings. The minimum Gasteiger partial charge on any atom is -0.320 e. The van der Waals surface area contributed by atoms with Gasteiger partial charge in [-0.2, -0.15) is 0 Å². The quantitative estimate of drug-likeness (QED) is 0.612. The van der Waals surface area contributed by atoms with Crippen molar-refractivity contribution in [2.75, 3.05) is 0 Å². The predicted molar refractivity (Wildman–Crippen MR) is 89.8 cm³/mol. The van der Waals surface area contributed by atoms with E-state index in [1.807, 2.05) is 0 Å². The molecular weight excluding hydrogens is 324 g/mol. The van der Waals surface area contributed by atoms with Gasteiger partial charge in [0.1, 0.15) is 5.82 Å². The zero-order chi connectivity index (χ0) is 14.6. The maximum Gasteiger partial charge on any atom is 0.110 e. The molecule has 1 aliphatic heterocycles. The first-order chi connectivity index (χ1) is 10.1. The number of fused-ring (bicyclic) bond motifs is 3. The van der Waals surface area contributed by atoms with Gasteiger partial charge in [0.2, 0.25) is 0 Å². The summed E-state index contributed by atoms with van der Waals surface area (Å²) in [6.07, 6.45) is 2.21. The third-order valence-electron chi connectivity index (χ3n) is 4.47. The highest BCUT2D eigenvalue weighted by Gasteiger charge is 2.28. The molecule has 2 heterocycles. The van der Waals surface area contributed by atoms with Gasteiger partial charge in [0.05, 0.1) is 17.1 Å². The highest BCUT2D eigenvalue weighted by atomic mass is 79.9. The summed E-state index contributed by atoms with van der Waals surface area (Å²) < 4.78 is 3.55. The van der Waals surface area contributed by atoms with Crippen molar-refractivity contribution in [1.82, 2.24) is 9.55 Å². The molecule has 3 heteroatoms. The Labute approximate surface area is 132 Å². The summed E-state index contributed by atoms with van der Waals surface area (Å²) in [6.45, 7) is 4.38. The number of halogens is 1. The van der Waals surface area contributed by atoms with Gasteiger partial charge in [0, 0.05) is 10.9 Å². The molecule has 0 saturated carbocycles. The maximum absolute atomic E-state index is 4.80. The molecule has 0 saturated heterocycles. The van der Waals surface area contributed by atoms with E-state index in [1.54, 1.807) is 0 Å². The first kappa shape index (κ1) is 13.1. The highest BCUT2D eigenvalue weighted by molar-refractivity contribution is 9.10. The third kappa shape index (κ3) is 2.03. The predicted octanol–water partition coefficient (Wildman–Crippen LogP) is 4.95. The fourth-order valence-electron chi connectivity index (χ4n) is 3.45. The Hall–Kier alpha value is -1.61. The van der Waals surface area contributed by atoms with Gasteiger partial charge in [-0.05, 0) is 49.6 Å². The summed E-state index contributed by atoms with van der Waals surface area (Å²) in [5, 5.41) is 0. The molecule has 0 N–H and O–H groups in total. The van der Waals surface area contributed by atoms with E-state index in [9.17, 15) is 0 Å². The van der Waals surface area contributed by atoms with Crippen molar-refractivity contribution in [3.63, 3.8) is 0 Å². The van der Waals surface area contributed by atoms with E-state index in [0.717, 1.165) is 22.8 Å². The van der Waals surface area contributed by atoms with Gasteiger partial charge in [-0.25, -0.2) is 4.98 Å². The Kier molecular flexibility index (Phi) is 2.93. The Bertz CT molecular complexity index is 848. The lowest BCUT2D eigenvalue weighted by atomic mass is 9.97. The van der Waals surface area contributed by atoms with E-state index in [-0.39, 0.29) is 0 Å². The van der Waals surface area contributed by atoms with Crippen LogP contribution in [0.1, 0.15) is 35.0 Å². The van der Waals surface area contributed by atoms with Gasteiger partial charge < -0.3 is 4.57 Å². The Morgan fingerprint density at radius 2 is 2.00 bits per heavy atom. The van der Waals surface area contributed by atoms with Crippen LogP contribution in [0.3, 0.4) is 0 Å². The summed E-state index contributed by atoms with van der Waals surface area (Å²) >= 11 is 3.59. The van der Waals surface area contributed by atoms with Crippen LogP contribution in [0, 0.1) is 13.8 Å². The molecule has 1 atom stereocenters. The van der Waals surface area contributed by atoms with E-state index in [0.29, 0.717) is 6.04 Å². The Morgan fingerprint density at radius 3 is 2.86 bits per heavy atom. The Morgan fingerprint density at radius 1 is 1.14 bits per heavy atom. The average molecular weight is 341 g/mol. The number of hydrogen-bond acceptors (Lipinski definition) is 1. The molecule has 1 aromatic heterocycles. The van der Waals surface area contributed by atoms with Gasteiger partial charge in [0.15, 0.2) is 0 Å². The minimum atomic E-state index is 0.416. The van der Waals surface area contributed by atoms with Crippen LogP contribution in [0.4, 0.5) is 0 Å². The monoisotopic (exact) mass is 340 g/mol. The molecule has 4 rings (SSSR count). The highest BCUT2D eigenvalue weighted by Crippen LogP contribution is 2.37. The lowest BCUT2D eigenvalue weighted by Gasteiger charge is -2.18. The zero-order valence-electron chi connectivity index (χ0n) is 12.2. The smallest absolute Gasteiger partial charge is 0.110 e. The van der Waals surface area contributed by atoms with Crippen molar-refractivity contribution in [2.45, 2.75) is 32.7 Å². The lowest BCUT2D eigenvalue weighted by Crippen LogP contribution is -2.07. The van der Waals surface area contributed by atoms with Gasteiger partial charge in [-0.15, -0.1) is 0 Å². The molecule has 106 valence electrons. The molecule has 1 unspecified atom stereocenters. The Balaban J connectivity index is 1.94. The zero-order valence-corrected chi connectivity index (χ0v) is 13.8. The first-order valence-corrected chi connectivity index (χ1v) is 8.16. The van der Waals surface area contributed by atoms with Crippen molar-refractivity contribution in [3.8, 4) is 0 Å². The molecule has 0 radical (unpaired) electrons. The van der Waals surface area contributed by atoms with Crippen LogP contribution in [0.2, 0.25) is 0 Å². The van der Waals surface area contributed by atoms with Crippen LogP contribution in [0.25, 0.3) is 11.0 Å². The topological polar surface area (TPSA) is 17.8 Å². The van der Waals surface area contributed by atoms with Gasteiger partial charge in [0.25, 0.3) is 0 Å².